The van der Waals surface area contributed by atoms with Crippen LogP contribution in [0, 0.1) is 0 Å². The molecule has 2 aromatic carbocycles. The Morgan fingerprint density at radius 1 is 1.20 bits per heavy atom. The van der Waals surface area contributed by atoms with Gasteiger partial charge < -0.3 is 10.1 Å². The van der Waals surface area contributed by atoms with Crippen molar-refractivity contribution in [2.24, 2.45) is 0 Å². The minimum atomic E-state index is -0.307. The molecule has 6 nitrogen and oxygen atoms in total. The Morgan fingerprint density at radius 3 is 2.80 bits per heavy atom. The molecule has 30 heavy (non-hydrogen) atoms. The first-order chi connectivity index (χ1) is 14.6. The maximum absolute atomic E-state index is 12.8. The summed E-state index contributed by atoms with van der Waals surface area (Å²) in [7, 11) is 0. The number of anilines is 1. The van der Waals surface area contributed by atoms with Crippen LogP contribution in [-0.4, -0.2) is 52.3 Å². The summed E-state index contributed by atoms with van der Waals surface area (Å²) >= 11 is 4.90. The van der Waals surface area contributed by atoms with E-state index in [9.17, 15) is 4.79 Å². The number of aromatic nitrogens is 2. The van der Waals surface area contributed by atoms with Crippen LogP contribution in [-0.2, 0) is 16.1 Å². The summed E-state index contributed by atoms with van der Waals surface area (Å²) in [5, 5.41) is 4.47. The van der Waals surface area contributed by atoms with E-state index in [0.717, 1.165) is 58.2 Å². The van der Waals surface area contributed by atoms with Crippen molar-refractivity contribution in [2.45, 2.75) is 23.7 Å². The Kier molecular flexibility index (Phi) is 6.99. The summed E-state index contributed by atoms with van der Waals surface area (Å²) in [6.45, 7) is 5.81. The smallest absolute Gasteiger partial charge is 0.237 e. The highest BCUT2D eigenvalue weighted by molar-refractivity contribution is 9.10. The Labute approximate surface area is 188 Å². The molecule has 2 heterocycles. The van der Waals surface area contributed by atoms with E-state index in [4.69, 9.17) is 14.7 Å². The van der Waals surface area contributed by atoms with Gasteiger partial charge in [0, 0.05) is 28.6 Å². The van der Waals surface area contributed by atoms with Crippen LogP contribution < -0.4 is 5.32 Å². The van der Waals surface area contributed by atoms with Gasteiger partial charge in [-0.2, -0.15) is 0 Å². The first-order valence-corrected chi connectivity index (χ1v) is 11.5. The standard InChI is InChI=1S/C22H23BrN4O2S/c1-15(21(28)24-17-6-4-5-16(23)13-17)30-22-18-7-2-3-8-19(18)25-20(26-22)14-27-9-11-29-12-10-27/h2-8,13,15H,9-12,14H2,1H3,(H,24,28). The van der Waals surface area contributed by atoms with Gasteiger partial charge in [-0.15, -0.1) is 0 Å². The summed E-state index contributed by atoms with van der Waals surface area (Å²) in [5.41, 5.74) is 1.67. The fraction of sp³-hybridized carbons (Fsp3) is 0.318. The lowest BCUT2D eigenvalue weighted by Gasteiger charge is -2.26. The second kappa shape index (κ2) is 9.87. The molecule has 1 unspecified atom stereocenters. The third-order valence-electron chi connectivity index (χ3n) is 4.83. The van der Waals surface area contributed by atoms with Crippen molar-refractivity contribution in [2.75, 3.05) is 31.6 Å². The highest BCUT2D eigenvalue weighted by Gasteiger charge is 2.19. The number of benzene rings is 2. The quantitative estimate of drug-likeness (QED) is 0.412. The van der Waals surface area contributed by atoms with E-state index in [1.54, 1.807) is 0 Å². The van der Waals surface area contributed by atoms with E-state index in [1.165, 1.54) is 11.8 Å². The molecule has 156 valence electrons. The van der Waals surface area contributed by atoms with Crippen LogP contribution in [0.1, 0.15) is 12.7 Å². The highest BCUT2D eigenvalue weighted by Crippen LogP contribution is 2.29. The average Bonchev–Trinajstić information content (AvgIpc) is 2.74. The third-order valence-corrected chi connectivity index (χ3v) is 6.43. The number of carbonyl (C=O) groups excluding carboxylic acids is 1. The van der Waals surface area contributed by atoms with E-state index in [-0.39, 0.29) is 11.2 Å². The van der Waals surface area contributed by atoms with E-state index in [1.807, 2.05) is 55.5 Å². The maximum atomic E-state index is 12.8. The molecule has 4 rings (SSSR count). The number of carbonyl (C=O) groups is 1. The van der Waals surface area contributed by atoms with Crippen molar-refractivity contribution >= 4 is 50.2 Å². The molecule has 1 saturated heterocycles. The van der Waals surface area contributed by atoms with Crippen molar-refractivity contribution in [1.82, 2.24) is 14.9 Å². The van der Waals surface area contributed by atoms with Crippen LogP contribution in [0.2, 0.25) is 0 Å². The van der Waals surface area contributed by atoms with Crippen LogP contribution in [0.5, 0.6) is 0 Å². The molecule has 1 aliphatic heterocycles. The Bertz CT molecular complexity index is 1040. The lowest BCUT2D eigenvalue weighted by atomic mass is 10.2. The Balaban J connectivity index is 1.53. The van der Waals surface area contributed by atoms with Gasteiger partial charge in [-0.05, 0) is 31.2 Å². The molecule has 0 aliphatic carbocycles. The minimum absolute atomic E-state index is 0.0597. The Morgan fingerprint density at radius 2 is 2.00 bits per heavy atom. The molecular weight excluding hydrogens is 464 g/mol. The number of ether oxygens (including phenoxy) is 1. The zero-order valence-electron chi connectivity index (χ0n) is 16.7. The molecular formula is C22H23BrN4O2S. The summed E-state index contributed by atoms with van der Waals surface area (Å²) in [6, 6.07) is 15.5. The highest BCUT2D eigenvalue weighted by atomic mass is 79.9. The summed E-state index contributed by atoms with van der Waals surface area (Å²) in [4.78, 5) is 24.6. The van der Waals surface area contributed by atoms with Crippen LogP contribution in [0.15, 0.2) is 58.0 Å². The minimum Gasteiger partial charge on any atom is -0.379 e. The SMILES string of the molecule is CC(Sc1nc(CN2CCOCC2)nc2ccccc12)C(=O)Nc1cccc(Br)c1. The number of hydrogen-bond donors (Lipinski definition) is 1. The lowest BCUT2D eigenvalue weighted by Crippen LogP contribution is -2.36. The first-order valence-electron chi connectivity index (χ1n) is 9.87. The van der Waals surface area contributed by atoms with Crippen molar-refractivity contribution in [3.63, 3.8) is 0 Å². The molecule has 0 bridgehead atoms. The van der Waals surface area contributed by atoms with Gasteiger partial charge in [0.05, 0.1) is 30.5 Å². The van der Waals surface area contributed by atoms with Gasteiger partial charge in [-0.1, -0.05) is 52.0 Å². The number of para-hydroxylation sites is 1. The summed E-state index contributed by atoms with van der Waals surface area (Å²) < 4.78 is 6.36. The van der Waals surface area contributed by atoms with Gasteiger partial charge in [0.1, 0.15) is 10.9 Å². The number of halogens is 1. The lowest BCUT2D eigenvalue weighted by molar-refractivity contribution is -0.115. The number of rotatable bonds is 6. The molecule has 1 atom stereocenters. The normalized spacial score (nSPS) is 15.8. The predicted molar refractivity (Wildman–Crippen MR) is 124 cm³/mol. The van der Waals surface area contributed by atoms with Crippen LogP contribution in [0.3, 0.4) is 0 Å². The maximum Gasteiger partial charge on any atom is 0.237 e. The number of nitrogens with zero attached hydrogens (tertiary/aromatic N) is 3. The molecule has 0 saturated carbocycles. The van der Waals surface area contributed by atoms with E-state index in [2.05, 4.69) is 26.1 Å². The van der Waals surface area contributed by atoms with Gasteiger partial charge in [-0.3, -0.25) is 9.69 Å². The van der Waals surface area contributed by atoms with Gasteiger partial charge in [-0.25, -0.2) is 9.97 Å². The number of hydrogen-bond acceptors (Lipinski definition) is 6. The van der Waals surface area contributed by atoms with Crippen LogP contribution in [0.25, 0.3) is 10.9 Å². The molecule has 0 radical (unpaired) electrons. The van der Waals surface area contributed by atoms with Crippen molar-refractivity contribution in [1.29, 1.82) is 0 Å². The summed E-state index contributed by atoms with van der Waals surface area (Å²) in [6.07, 6.45) is 0. The first kappa shape index (κ1) is 21.2. The zero-order chi connectivity index (χ0) is 20.9. The van der Waals surface area contributed by atoms with Crippen molar-refractivity contribution in [3.05, 3.63) is 58.8 Å². The van der Waals surface area contributed by atoms with Crippen molar-refractivity contribution in [3.8, 4) is 0 Å². The van der Waals surface area contributed by atoms with Gasteiger partial charge in [0.2, 0.25) is 5.91 Å². The van der Waals surface area contributed by atoms with Crippen LogP contribution in [0.4, 0.5) is 5.69 Å². The topological polar surface area (TPSA) is 67.3 Å². The molecule has 1 fully saturated rings. The van der Waals surface area contributed by atoms with Crippen LogP contribution >= 0.6 is 27.7 Å². The second-order valence-corrected chi connectivity index (χ2v) is 9.36. The van der Waals surface area contributed by atoms with Gasteiger partial charge in [0.15, 0.2) is 0 Å². The third kappa shape index (κ3) is 5.37. The average molecular weight is 487 g/mol. The Hall–Kier alpha value is -2.00. The number of morpholine rings is 1. The molecule has 1 aromatic heterocycles. The zero-order valence-corrected chi connectivity index (χ0v) is 19.1. The van der Waals surface area contributed by atoms with E-state index in [0.29, 0.717) is 6.54 Å². The molecule has 1 aliphatic rings. The monoisotopic (exact) mass is 486 g/mol. The van der Waals surface area contributed by atoms with Crippen molar-refractivity contribution < 1.29 is 9.53 Å². The molecule has 1 amide bonds. The second-order valence-electron chi connectivity index (χ2n) is 7.11. The van der Waals surface area contributed by atoms with Gasteiger partial charge in [0.25, 0.3) is 0 Å². The summed E-state index contributed by atoms with van der Waals surface area (Å²) in [5.74, 6) is 0.716. The van der Waals surface area contributed by atoms with Gasteiger partial charge >= 0.3 is 0 Å². The number of fused-ring (bicyclic) bond motifs is 1. The number of amides is 1. The molecule has 0 spiro atoms. The fourth-order valence-electron chi connectivity index (χ4n) is 3.24. The number of thioether (sulfide) groups is 1. The predicted octanol–water partition coefficient (Wildman–Crippen LogP) is 4.34. The largest absolute Gasteiger partial charge is 0.379 e. The molecule has 3 aromatic rings. The molecule has 1 N–H and O–H groups in total. The van der Waals surface area contributed by atoms with E-state index >= 15 is 0 Å². The van der Waals surface area contributed by atoms with E-state index < -0.39 is 0 Å². The number of nitrogens with one attached hydrogen (secondary N) is 1. The fourth-order valence-corrected chi connectivity index (χ4v) is 4.60. The molecule has 8 heteroatoms.